The zero-order valence-corrected chi connectivity index (χ0v) is 29.1. The molecular weight excluding hydrogens is 718 g/mol. The van der Waals surface area contributed by atoms with Gasteiger partial charge in [-0.1, -0.05) is 42.5 Å². The zero-order valence-electron chi connectivity index (χ0n) is 29.1. The molecule has 2 bridgehead atoms. The van der Waals surface area contributed by atoms with Crippen molar-refractivity contribution in [1.82, 2.24) is 16.0 Å². The van der Waals surface area contributed by atoms with Gasteiger partial charge >= 0.3 is 0 Å². The third kappa shape index (κ3) is 6.43. The molecule has 4 aliphatic heterocycles. The highest BCUT2D eigenvalue weighted by Crippen LogP contribution is 2.49. The van der Waals surface area contributed by atoms with Crippen molar-refractivity contribution in [3.05, 3.63) is 100 Å². The number of benzene rings is 3. The molecule has 0 unspecified atom stereocenters. The number of aldehydes is 1. The lowest BCUT2D eigenvalue weighted by molar-refractivity contribution is -0.277. The minimum absolute atomic E-state index is 0.0458. The maximum atomic E-state index is 14.3. The lowest BCUT2D eigenvalue weighted by atomic mass is 9.79. The van der Waals surface area contributed by atoms with E-state index in [0.717, 1.165) is 0 Å². The van der Waals surface area contributed by atoms with Crippen molar-refractivity contribution in [2.45, 2.75) is 67.6 Å². The van der Waals surface area contributed by atoms with Gasteiger partial charge in [0.2, 0.25) is 12.2 Å². The Labute approximate surface area is 313 Å². The highest BCUT2D eigenvalue weighted by Gasteiger charge is 2.48. The van der Waals surface area contributed by atoms with Gasteiger partial charge in [-0.25, -0.2) is 0 Å². The van der Waals surface area contributed by atoms with E-state index < -0.39 is 79.4 Å². The van der Waals surface area contributed by atoms with Crippen molar-refractivity contribution in [1.29, 1.82) is 0 Å². The predicted octanol–water partition coefficient (Wildman–Crippen LogP) is -1.32. The maximum Gasteiger partial charge on any atom is 0.242 e. The molecule has 55 heavy (non-hydrogen) atoms. The Morgan fingerprint density at radius 1 is 0.964 bits per heavy atom. The summed E-state index contributed by atoms with van der Waals surface area (Å²) in [4.78, 5) is 54.8. The summed E-state index contributed by atoms with van der Waals surface area (Å²) >= 11 is 0. The summed E-state index contributed by atoms with van der Waals surface area (Å²) in [5.41, 5.74) is 7.56. The summed E-state index contributed by atoms with van der Waals surface area (Å²) in [6.07, 6.45) is -7.50. The number of hydrogen-bond acceptors (Lipinski definition) is 16. The Hall–Kier alpha value is -5.24. The fourth-order valence-electron chi connectivity index (χ4n) is 7.72. The van der Waals surface area contributed by atoms with Crippen molar-refractivity contribution in [2.75, 3.05) is 24.8 Å². The zero-order chi connectivity index (χ0) is 38.5. The molecule has 1 amide bonds. The van der Waals surface area contributed by atoms with Crippen molar-refractivity contribution < 1.29 is 58.6 Å². The third-order valence-electron chi connectivity index (χ3n) is 10.5. The van der Waals surface area contributed by atoms with E-state index in [9.17, 15) is 39.6 Å². The molecule has 0 radical (unpaired) electrons. The quantitative estimate of drug-likeness (QED) is 0.102. The van der Waals surface area contributed by atoms with Gasteiger partial charge in [-0.15, -0.1) is 0 Å². The minimum atomic E-state index is -1.82. The number of nitrogens with one attached hydrogen (secondary N) is 3. The number of fused-ring (bicyclic) bond motifs is 6. The van der Waals surface area contributed by atoms with Crippen LogP contribution in [0.5, 0.6) is 11.5 Å². The second-order valence-corrected chi connectivity index (χ2v) is 13.9. The maximum absolute atomic E-state index is 14.3. The summed E-state index contributed by atoms with van der Waals surface area (Å²) in [5.74, 6) is -2.75. The van der Waals surface area contributed by atoms with Crippen LogP contribution in [-0.4, -0.2) is 119 Å². The first-order chi connectivity index (χ1) is 26.6. The molecule has 3 aromatic rings. The van der Waals surface area contributed by atoms with E-state index in [-0.39, 0.29) is 64.9 Å². The van der Waals surface area contributed by atoms with E-state index in [1.54, 1.807) is 24.3 Å². The van der Waals surface area contributed by atoms with E-state index in [1.807, 2.05) is 23.1 Å². The lowest BCUT2D eigenvalue weighted by Crippen LogP contribution is -2.70. The van der Waals surface area contributed by atoms with Gasteiger partial charge in [-0.05, 0) is 23.8 Å². The number of nitrogens with zero attached hydrogens (tertiary/aromatic N) is 1. The van der Waals surface area contributed by atoms with E-state index in [1.165, 1.54) is 24.5 Å². The molecule has 1 aliphatic carbocycles. The number of aliphatic hydroxyl groups excluding tert-OH is 4. The van der Waals surface area contributed by atoms with Crippen LogP contribution in [0.2, 0.25) is 0 Å². The number of ketones is 2. The molecule has 9 N–H and O–H groups in total. The van der Waals surface area contributed by atoms with Crippen molar-refractivity contribution >= 4 is 29.4 Å². The number of hydrogen-bond donors (Lipinski definition) is 8. The van der Waals surface area contributed by atoms with Crippen molar-refractivity contribution in [3.63, 3.8) is 0 Å². The van der Waals surface area contributed by atoms with Crippen LogP contribution in [0.1, 0.15) is 55.3 Å². The second-order valence-electron chi connectivity index (χ2n) is 13.9. The first-order valence-corrected chi connectivity index (χ1v) is 17.8. The molecule has 3 fully saturated rings. The van der Waals surface area contributed by atoms with Crippen LogP contribution in [0.4, 0.5) is 5.69 Å². The number of aliphatic hydroxyl groups is 4. The summed E-state index contributed by atoms with van der Waals surface area (Å²) in [6.45, 7) is -0.554. The average molecular weight is 758 g/mol. The van der Waals surface area contributed by atoms with Crippen molar-refractivity contribution in [3.8, 4) is 11.5 Å². The fraction of sp³-hybridized carbons (Fsp3) is 0.368. The Kier molecular flexibility index (Phi) is 9.87. The second kappa shape index (κ2) is 14.8. The molecule has 8 rings (SSSR count). The summed E-state index contributed by atoms with van der Waals surface area (Å²) < 4.78 is 24.4. The predicted molar refractivity (Wildman–Crippen MR) is 190 cm³/mol. The van der Waals surface area contributed by atoms with Gasteiger partial charge in [0.05, 0.1) is 24.6 Å². The lowest BCUT2D eigenvalue weighted by Gasteiger charge is -2.40. The van der Waals surface area contributed by atoms with Gasteiger partial charge in [-0.3, -0.25) is 30.8 Å². The van der Waals surface area contributed by atoms with Gasteiger partial charge in [0.15, 0.2) is 23.1 Å². The van der Waals surface area contributed by atoms with E-state index in [4.69, 9.17) is 24.7 Å². The van der Waals surface area contributed by atoms with Gasteiger partial charge in [0, 0.05) is 40.3 Å². The van der Waals surface area contributed by atoms with E-state index in [0.29, 0.717) is 17.5 Å². The van der Waals surface area contributed by atoms with Gasteiger partial charge in [0.1, 0.15) is 62.4 Å². The molecular formula is C38H39N5O12. The van der Waals surface area contributed by atoms with Crippen LogP contribution in [0, 0.1) is 0 Å². The Balaban J connectivity index is 1.36. The average Bonchev–Trinajstić information content (AvgIpc) is 3.60. The molecule has 17 nitrogen and oxygen atoms in total. The van der Waals surface area contributed by atoms with Crippen LogP contribution in [0.15, 0.2) is 66.9 Å². The minimum Gasteiger partial charge on any atom is -0.499 e. The Morgan fingerprint density at radius 2 is 1.71 bits per heavy atom. The SMILES string of the molecule is N[C@@H]1NC(=O)[C@H]2NCN(c3ccccc3[C@@H]3/C=C/OC[C@@H]4O[C@H](Oc5c3cc3c(c5OC[C@H](O)CC=O)C(=O)c5ccccc5C3=O)[C@@H](O)[C@H](O)[C@H]4O)[C@H]2N1. The van der Waals surface area contributed by atoms with Crippen LogP contribution in [0.25, 0.3) is 0 Å². The molecule has 0 saturated carbocycles. The number of allylic oxidation sites excluding steroid dienone is 1. The number of para-hydroxylation sites is 1. The molecule has 3 saturated heterocycles. The molecule has 17 heteroatoms. The van der Waals surface area contributed by atoms with Gasteiger partial charge in [-0.2, -0.15) is 0 Å². The summed E-state index contributed by atoms with van der Waals surface area (Å²) in [7, 11) is 0. The monoisotopic (exact) mass is 757 g/mol. The number of carbonyl (C=O) groups excluding carboxylic acids is 4. The number of nitrogens with two attached hydrogens (primary N) is 1. The summed E-state index contributed by atoms with van der Waals surface area (Å²) in [6, 6.07) is 14.4. The highest BCUT2D eigenvalue weighted by atomic mass is 16.7. The molecule has 0 spiro atoms. The van der Waals surface area contributed by atoms with E-state index in [2.05, 4.69) is 16.0 Å². The Bertz CT molecular complexity index is 2060. The number of amides is 1. The number of ether oxygens (including phenoxy) is 4. The highest BCUT2D eigenvalue weighted by molar-refractivity contribution is 6.29. The van der Waals surface area contributed by atoms with Gasteiger partial charge in [0.25, 0.3) is 0 Å². The largest absolute Gasteiger partial charge is 0.499 e. The number of carbonyl (C=O) groups is 4. The van der Waals surface area contributed by atoms with Crippen LogP contribution in [-0.2, 0) is 19.1 Å². The smallest absolute Gasteiger partial charge is 0.242 e. The Morgan fingerprint density at radius 3 is 2.49 bits per heavy atom. The molecule has 4 heterocycles. The molecule has 0 aromatic heterocycles. The van der Waals surface area contributed by atoms with Crippen LogP contribution < -0.4 is 36.1 Å². The molecule has 5 aliphatic rings. The van der Waals surface area contributed by atoms with Crippen LogP contribution in [0.3, 0.4) is 0 Å². The van der Waals surface area contributed by atoms with Crippen LogP contribution >= 0.6 is 0 Å². The number of rotatable bonds is 7. The normalized spacial score (nSPS) is 30.9. The standard InChI is InChI=1S/C38H39N5O12/c39-38-41-35-27(36(51)42-38)40-16-43(35)24-8-4-3-5-19(24)18-10-12-52-15-25-30(48)31(49)32(50)37(54-25)55-33-22(18)13-23-26(34(33)53-14-17(45)9-11-44)29(47)21-7-2-1-6-20(21)28(23)46/h1-8,10-13,17-18,25,27,30-32,35,37-38,40-41,45,48-50H,9,14-16,39H2,(H,42,51)/b12-10+/t17-,18+,25+,27+,30+,31-,32+,35-,37-,38+/m1/s1. The number of anilines is 1. The molecule has 3 aromatic carbocycles. The van der Waals surface area contributed by atoms with Gasteiger partial charge < -0.3 is 54.4 Å². The third-order valence-corrected chi connectivity index (χ3v) is 10.5. The topological polar surface area (TPSA) is 251 Å². The summed E-state index contributed by atoms with van der Waals surface area (Å²) in [5, 5.41) is 52.5. The molecule has 10 atom stereocenters. The van der Waals surface area contributed by atoms with Crippen molar-refractivity contribution in [2.24, 2.45) is 5.73 Å². The van der Waals surface area contributed by atoms with E-state index >= 15 is 0 Å². The first kappa shape index (κ1) is 36.7. The first-order valence-electron chi connectivity index (χ1n) is 17.8. The molecule has 288 valence electrons. The fourth-order valence-corrected chi connectivity index (χ4v) is 7.72.